The van der Waals surface area contributed by atoms with Gasteiger partial charge in [0.25, 0.3) is 7.82 Å². The number of phosphoric acid groups is 1. The lowest BCUT2D eigenvalue weighted by molar-refractivity contribution is -0.870. The van der Waals surface area contributed by atoms with Gasteiger partial charge in [0.15, 0.2) is 0 Å². The van der Waals surface area contributed by atoms with E-state index in [1.807, 2.05) is 33.3 Å². The first-order chi connectivity index (χ1) is 37.9. The van der Waals surface area contributed by atoms with Gasteiger partial charge in [-0.15, -0.1) is 0 Å². The highest BCUT2D eigenvalue weighted by molar-refractivity contribution is 7.45. The third kappa shape index (κ3) is 57.6. The van der Waals surface area contributed by atoms with Crippen molar-refractivity contribution in [2.45, 2.75) is 283 Å². The van der Waals surface area contributed by atoms with Gasteiger partial charge in [0.2, 0.25) is 5.91 Å². The molecule has 0 spiro atoms. The summed E-state index contributed by atoms with van der Waals surface area (Å²) in [6.45, 7) is 6.76. The lowest BCUT2D eigenvalue weighted by Gasteiger charge is -2.30. The topological polar surface area (TPSA) is 114 Å². The number of ether oxygens (including phenoxy) is 1. The molecule has 3 unspecified atom stereocenters. The van der Waals surface area contributed by atoms with Gasteiger partial charge in [-0.05, 0) is 115 Å². The number of hydrogen-bond acceptors (Lipinski definition) is 7. The number of likely N-dealkylation sites (N-methyl/N-ethyl adjacent to an activating group) is 1. The average Bonchev–Trinajstić information content (AvgIpc) is 3.40. The molecule has 0 aliphatic heterocycles. The Balaban J connectivity index is 5.30. The average molecular weight is 1110 g/mol. The summed E-state index contributed by atoms with van der Waals surface area (Å²) in [5.74, 6) is -0.587. The number of nitrogens with one attached hydrogen (secondary N) is 1. The van der Waals surface area contributed by atoms with Gasteiger partial charge in [0, 0.05) is 12.8 Å². The van der Waals surface area contributed by atoms with E-state index in [1.54, 1.807) is 0 Å². The van der Waals surface area contributed by atoms with Crippen molar-refractivity contribution in [1.82, 2.24) is 5.32 Å². The van der Waals surface area contributed by atoms with Crippen LogP contribution in [0.25, 0.3) is 0 Å². The number of unbranched alkanes of at least 4 members (excludes halogenated alkanes) is 27. The Hall–Kier alpha value is -3.07. The number of rotatable bonds is 57. The van der Waals surface area contributed by atoms with Gasteiger partial charge in [-0.3, -0.25) is 14.2 Å². The van der Waals surface area contributed by atoms with Gasteiger partial charge in [-0.1, -0.05) is 240 Å². The van der Waals surface area contributed by atoms with Crippen LogP contribution in [-0.4, -0.2) is 69.4 Å². The zero-order valence-electron chi connectivity index (χ0n) is 51.3. The van der Waals surface area contributed by atoms with Crippen LogP contribution in [0.2, 0.25) is 0 Å². The Morgan fingerprint density at radius 1 is 0.449 bits per heavy atom. The molecule has 9 nitrogen and oxygen atoms in total. The number of phosphoric ester groups is 1. The second kappa shape index (κ2) is 57.2. The molecule has 0 heterocycles. The second-order valence-corrected chi connectivity index (χ2v) is 24.0. The van der Waals surface area contributed by atoms with Crippen molar-refractivity contribution in [2.24, 2.45) is 0 Å². The summed E-state index contributed by atoms with van der Waals surface area (Å²) in [6.07, 6.45) is 76.5. The summed E-state index contributed by atoms with van der Waals surface area (Å²) >= 11 is 0. The minimum atomic E-state index is -4.72. The number of carbonyl (C=O) groups excluding carboxylic acids is 2. The molecule has 78 heavy (non-hydrogen) atoms. The van der Waals surface area contributed by atoms with Crippen molar-refractivity contribution >= 4 is 19.7 Å². The Bertz CT molecular complexity index is 1660. The van der Waals surface area contributed by atoms with Crippen LogP contribution < -0.4 is 10.2 Å². The molecule has 1 amide bonds. The van der Waals surface area contributed by atoms with Crippen molar-refractivity contribution in [3.8, 4) is 0 Å². The van der Waals surface area contributed by atoms with Crippen LogP contribution >= 0.6 is 7.82 Å². The molecule has 0 rings (SSSR count). The van der Waals surface area contributed by atoms with Crippen LogP contribution in [0.15, 0.2) is 97.2 Å². The van der Waals surface area contributed by atoms with Crippen LogP contribution in [-0.2, 0) is 27.9 Å². The Kier molecular flexibility index (Phi) is 54.9. The maximum absolute atomic E-state index is 13.5. The van der Waals surface area contributed by atoms with Gasteiger partial charge >= 0.3 is 5.97 Å². The fraction of sp³-hybridized carbons (Fsp3) is 0.735. The molecule has 450 valence electrons. The Labute approximate surface area is 481 Å². The predicted octanol–water partition coefficient (Wildman–Crippen LogP) is 19.3. The molecule has 0 saturated heterocycles. The number of carbonyl (C=O) groups is 2. The van der Waals surface area contributed by atoms with Crippen molar-refractivity contribution < 1.29 is 37.3 Å². The molecule has 1 N–H and O–H groups in total. The molecule has 0 saturated carbocycles. The van der Waals surface area contributed by atoms with E-state index in [0.717, 1.165) is 96.3 Å². The minimum Gasteiger partial charge on any atom is -0.756 e. The van der Waals surface area contributed by atoms with E-state index in [4.69, 9.17) is 13.8 Å². The third-order valence-electron chi connectivity index (χ3n) is 13.7. The van der Waals surface area contributed by atoms with Gasteiger partial charge in [0.1, 0.15) is 19.3 Å². The van der Waals surface area contributed by atoms with E-state index < -0.39 is 26.6 Å². The smallest absolute Gasteiger partial charge is 0.306 e. The summed E-state index contributed by atoms with van der Waals surface area (Å²) in [4.78, 5) is 40.0. The molecule has 0 aromatic rings. The molecule has 0 bridgehead atoms. The predicted molar refractivity (Wildman–Crippen MR) is 334 cm³/mol. The molecule has 3 atom stereocenters. The first-order valence-electron chi connectivity index (χ1n) is 32.0. The number of hydrogen-bond donors (Lipinski definition) is 1. The van der Waals surface area contributed by atoms with E-state index in [1.165, 1.54) is 128 Å². The largest absolute Gasteiger partial charge is 0.756 e. The number of quaternary nitrogens is 1. The monoisotopic (exact) mass is 1110 g/mol. The van der Waals surface area contributed by atoms with Crippen LogP contribution in [0.3, 0.4) is 0 Å². The van der Waals surface area contributed by atoms with Crippen LogP contribution in [0.5, 0.6) is 0 Å². The summed E-state index contributed by atoms with van der Waals surface area (Å²) < 4.78 is 30.3. The number of allylic oxidation sites excluding steroid dienone is 15. The molecule has 10 heteroatoms. The normalized spacial score (nSPS) is 14.3. The molecule has 0 fully saturated rings. The lowest BCUT2D eigenvalue weighted by Crippen LogP contribution is -2.47. The highest BCUT2D eigenvalue weighted by Crippen LogP contribution is 2.38. The highest BCUT2D eigenvalue weighted by Gasteiger charge is 2.27. The maximum atomic E-state index is 13.5. The maximum Gasteiger partial charge on any atom is 0.306 e. The SMILES string of the molecule is CCCCC/C=C\C/C=C\C/C=C\C/C=C\CCCCCC(=O)NC(COP(=O)([O-])OCC[N+](C)(C)C)C(/C=C/CCCCCCCCCCCC)OC(=O)CCCCCCCCCC/C=C\C/C=C\C/C=C\CCCCC. The molecular weight excluding hydrogens is 988 g/mol. The number of esters is 1. The standard InChI is InChI=1S/C68H121N2O7P/c1-7-10-13-16-19-22-25-28-30-32-34-35-37-39-41-43-46-49-52-55-58-61-68(72)77-66(59-56-53-50-47-44-27-24-21-18-15-12-9-3)65(64-76-78(73,74)75-63-62-70(4,5)6)69-67(71)60-57-54-51-48-45-42-40-38-36-33-31-29-26-23-20-17-14-11-8-2/h19-20,22-23,28-31,34-36,38,42,45,56,59,65-66H,7-18,21,24-27,32-33,37,39-41,43-44,46-55,57-58,60-64H2,1-6H3,(H-,69,71,73,74)/b22-19-,23-20-,30-28-,31-29-,35-34-,38-36-,45-42-,59-56+. The Morgan fingerprint density at radius 3 is 1.21 bits per heavy atom. The molecule has 0 aliphatic rings. The van der Waals surface area contributed by atoms with E-state index in [2.05, 4.69) is 111 Å². The molecular formula is C68H121N2O7P. The van der Waals surface area contributed by atoms with Crippen LogP contribution in [0.4, 0.5) is 0 Å². The number of amides is 1. The van der Waals surface area contributed by atoms with Crippen LogP contribution in [0.1, 0.15) is 271 Å². The number of nitrogens with zero attached hydrogens (tertiary/aromatic N) is 1. The van der Waals surface area contributed by atoms with Gasteiger partial charge in [-0.2, -0.15) is 0 Å². The van der Waals surface area contributed by atoms with E-state index in [0.29, 0.717) is 23.9 Å². The van der Waals surface area contributed by atoms with Crippen molar-refractivity contribution in [1.29, 1.82) is 0 Å². The summed E-state index contributed by atoms with van der Waals surface area (Å²) in [5.41, 5.74) is 0. The zero-order valence-corrected chi connectivity index (χ0v) is 52.2. The first-order valence-corrected chi connectivity index (χ1v) is 33.5. The second-order valence-electron chi connectivity index (χ2n) is 22.6. The molecule has 0 aromatic carbocycles. The molecule has 0 aliphatic carbocycles. The third-order valence-corrected chi connectivity index (χ3v) is 14.7. The fourth-order valence-electron chi connectivity index (χ4n) is 8.75. The van der Waals surface area contributed by atoms with E-state index in [-0.39, 0.29) is 31.3 Å². The van der Waals surface area contributed by atoms with E-state index >= 15 is 0 Å². The van der Waals surface area contributed by atoms with E-state index in [9.17, 15) is 19.0 Å². The van der Waals surface area contributed by atoms with Gasteiger partial charge < -0.3 is 28.5 Å². The van der Waals surface area contributed by atoms with Crippen molar-refractivity contribution in [3.05, 3.63) is 97.2 Å². The van der Waals surface area contributed by atoms with Crippen LogP contribution in [0, 0.1) is 0 Å². The van der Waals surface area contributed by atoms with Crippen molar-refractivity contribution in [2.75, 3.05) is 40.9 Å². The molecule has 0 radical (unpaired) electrons. The molecule has 0 aromatic heterocycles. The first kappa shape index (κ1) is 74.9. The summed E-state index contributed by atoms with van der Waals surface area (Å²) in [5, 5.41) is 3.01. The minimum absolute atomic E-state index is 0.0343. The van der Waals surface area contributed by atoms with Gasteiger partial charge in [0.05, 0.1) is 33.8 Å². The lowest BCUT2D eigenvalue weighted by atomic mass is 10.0. The quantitative estimate of drug-likeness (QED) is 0.0212. The Morgan fingerprint density at radius 2 is 0.782 bits per heavy atom. The van der Waals surface area contributed by atoms with Gasteiger partial charge in [-0.25, -0.2) is 0 Å². The summed E-state index contributed by atoms with van der Waals surface area (Å²) in [6, 6.07) is -0.914. The van der Waals surface area contributed by atoms with Crippen molar-refractivity contribution in [3.63, 3.8) is 0 Å². The highest BCUT2D eigenvalue weighted by atomic mass is 31.2. The zero-order chi connectivity index (χ0) is 57.2. The summed E-state index contributed by atoms with van der Waals surface area (Å²) in [7, 11) is 1.15. The fourth-order valence-corrected chi connectivity index (χ4v) is 9.47.